The van der Waals surface area contributed by atoms with Crippen LogP contribution in [0.25, 0.3) is 0 Å². The monoisotopic (exact) mass is 548 g/mol. The fourth-order valence-corrected chi connectivity index (χ4v) is 5.56. The molecular weight excluding hydrogens is 512 g/mol. The van der Waals surface area contributed by atoms with Gasteiger partial charge in [0.2, 0.25) is 5.91 Å². The van der Waals surface area contributed by atoms with E-state index in [0.29, 0.717) is 36.4 Å². The number of rotatable bonds is 7. The molecule has 2 unspecified atom stereocenters. The summed E-state index contributed by atoms with van der Waals surface area (Å²) in [5, 5.41) is 13.7. The van der Waals surface area contributed by atoms with Crippen molar-refractivity contribution in [3.8, 4) is 11.5 Å². The number of nitrogens with one attached hydrogen (secondary N) is 1. The van der Waals surface area contributed by atoms with Gasteiger partial charge >= 0.3 is 0 Å². The van der Waals surface area contributed by atoms with Crippen LogP contribution in [0.15, 0.2) is 91.0 Å². The first-order valence-corrected chi connectivity index (χ1v) is 14.0. The standard InChI is InChI=1S/C35H36N2O4/c1-23-24(2)32-29(25(3)31(23)38)20-21-35(4,41-32)34(40)37(28-18-12-7-13-19-28)30(27-16-10-6-11-17-27)33(39)36-22-26-14-8-5-9-15-26/h5-19,30,38H,20-22H2,1-4H3,(H,36,39). The van der Waals surface area contributed by atoms with Gasteiger partial charge < -0.3 is 15.2 Å². The van der Waals surface area contributed by atoms with Crippen LogP contribution < -0.4 is 15.0 Å². The Morgan fingerprint density at radius 3 is 2.10 bits per heavy atom. The highest BCUT2D eigenvalue weighted by Crippen LogP contribution is 2.44. The van der Waals surface area contributed by atoms with Gasteiger partial charge in [0.25, 0.3) is 5.91 Å². The average Bonchev–Trinajstić information content (AvgIpc) is 3.01. The van der Waals surface area contributed by atoms with Crippen molar-refractivity contribution >= 4 is 17.5 Å². The molecule has 2 N–H and O–H groups in total. The molecule has 210 valence electrons. The summed E-state index contributed by atoms with van der Waals surface area (Å²) in [7, 11) is 0. The number of carbonyl (C=O) groups excluding carboxylic acids is 2. The lowest BCUT2D eigenvalue weighted by molar-refractivity contribution is -0.136. The van der Waals surface area contributed by atoms with E-state index in [0.717, 1.165) is 27.8 Å². The quantitative estimate of drug-likeness (QED) is 0.277. The second kappa shape index (κ2) is 11.5. The van der Waals surface area contributed by atoms with Crippen molar-refractivity contribution in [2.75, 3.05) is 4.90 Å². The molecule has 6 heteroatoms. The summed E-state index contributed by atoms with van der Waals surface area (Å²) in [6, 6.07) is 27.4. The van der Waals surface area contributed by atoms with Crippen molar-refractivity contribution in [3.63, 3.8) is 0 Å². The molecule has 0 radical (unpaired) electrons. The number of fused-ring (bicyclic) bond motifs is 1. The van der Waals surface area contributed by atoms with Crippen molar-refractivity contribution in [3.05, 3.63) is 124 Å². The molecule has 2 amide bonds. The lowest BCUT2D eigenvalue weighted by Crippen LogP contribution is -2.56. The van der Waals surface area contributed by atoms with Crippen molar-refractivity contribution in [2.24, 2.45) is 0 Å². The van der Waals surface area contributed by atoms with Crippen molar-refractivity contribution in [1.29, 1.82) is 0 Å². The molecule has 0 bridgehead atoms. The first-order valence-electron chi connectivity index (χ1n) is 14.0. The molecule has 5 rings (SSSR count). The largest absolute Gasteiger partial charge is 0.507 e. The molecule has 4 aromatic rings. The number of hydrogen-bond acceptors (Lipinski definition) is 4. The Kier molecular flexibility index (Phi) is 7.84. The van der Waals surface area contributed by atoms with E-state index in [9.17, 15) is 14.7 Å². The first-order chi connectivity index (χ1) is 19.7. The van der Waals surface area contributed by atoms with E-state index in [2.05, 4.69) is 5.32 Å². The third kappa shape index (κ3) is 5.42. The van der Waals surface area contributed by atoms with Crippen LogP contribution in [-0.2, 0) is 22.6 Å². The second-order valence-electron chi connectivity index (χ2n) is 10.9. The third-order valence-corrected chi connectivity index (χ3v) is 8.16. The van der Waals surface area contributed by atoms with Gasteiger partial charge in [-0.25, -0.2) is 0 Å². The normalized spacial score (nSPS) is 16.7. The van der Waals surface area contributed by atoms with E-state index >= 15 is 0 Å². The number of para-hydroxylation sites is 1. The van der Waals surface area contributed by atoms with Crippen LogP contribution in [-0.4, -0.2) is 22.5 Å². The van der Waals surface area contributed by atoms with E-state index in [1.807, 2.05) is 112 Å². The number of carbonyl (C=O) groups is 2. The number of hydrogen-bond donors (Lipinski definition) is 2. The Balaban J connectivity index is 1.57. The molecule has 1 aliphatic heterocycles. The molecule has 0 saturated carbocycles. The maximum Gasteiger partial charge on any atom is 0.271 e. The van der Waals surface area contributed by atoms with Gasteiger partial charge in [0.1, 0.15) is 17.5 Å². The molecule has 4 aromatic carbocycles. The maximum absolute atomic E-state index is 14.7. The summed E-state index contributed by atoms with van der Waals surface area (Å²) >= 11 is 0. The number of phenols is 1. The van der Waals surface area contributed by atoms with E-state index < -0.39 is 11.6 Å². The Morgan fingerprint density at radius 1 is 0.878 bits per heavy atom. The van der Waals surface area contributed by atoms with Crippen LogP contribution in [0.4, 0.5) is 5.69 Å². The molecule has 0 aromatic heterocycles. The molecule has 1 heterocycles. The van der Waals surface area contributed by atoms with Crippen molar-refractivity contribution < 1.29 is 19.4 Å². The van der Waals surface area contributed by atoms with Gasteiger partial charge in [0.15, 0.2) is 5.60 Å². The number of nitrogens with zero attached hydrogens (tertiary/aromatic N) is 1. The van der Waals surface area contributed by atoms with E-state index in [1.54, 1.807) is 11.8 Å². The number of phenolic OH excluding ortho intramolecular Hbond substituents is 1. The number of ether oxygens (including phenoxy) is 1. The topological polar surface area (TPSA) is 78.9 Å². The smallest absolute Gasteiger partial charge is 0.271 e. The van der Waals surface area contributed by atoms with Crippen LogP contribution in [0.1, 0.15) is 52.8 Å². The zero-order chi connectivity index (χ0) is 29.1. The van der Waals surface area contributed by atoms with Gasteiger partial charge in [-0.3, -0.25) is 14.5 Å². The number of benzene rings is 4. The molecule has 0 spiro atoms. The fraction of sp³-hybridized carbons (Fsp3) is 0.257. The second-order valence-corrected chi connectivity index (χ2v) is 10.9. The highest BCUT2D eigenvalue weighted by atomic mass is 16.5. The third-order valence-electron chi connectivity index (χ3n) is 8.16. The summed E-state index contributed by atoms with van der Waals surface area (Å²) in [6.07, 6.45) is 0.967. The summed E-state index contributed by atoms with van der Waals surface area (Å²) in [4.78, 5) is 30.4. The molecule has 0 aliphatic carbocycles. The molecular formula is C35H36N2O4. The zero-order valence-corrected chi connectivity index (χ0v) is 24.0. The van der Waals surface area contributed by atoms with Crippen molar-refractivity contribution in [1.82, 2.24) is 5.32 Å². The fourth-order valence-electron chi connectivity index (χ4n) is 5.56. The Labute approximate surface area is 241 Å². The van der Waals surface area contributed by atoms with Crippen LogP contribution >= 0.6 is 0 Å². The van der Waals surface area contributed by atoms with Gasteiger partial charge in [-0.05, 0) is 74.1 Å². The first kappa shape index (κ1) is 28.0. The number of amides is 2. The number of aromatic hydroxyl groups is 1. The molecule has 0 fully saturated rings. The number of anilines is 1. The summed E-state index contributed by atoms with van der Waals surface area (Å²) in [5.74, 6) is 0.313. The summed E-state index contributed by atoms with van der Waals surface area (Å²) < 4.78 is 6.59. The highest BCUT2D eigenvalue weighted by molar-refractivity contribution is 6.05. The predicted molar refractivity (Wildman–Crippen MR) is 161 cm³/mol. The highest BCUT2D eigenvalue weighted by Gasteiger charge is 2.47. The predicted octanol–water partition coefficient (Wildman–Crippen LogP) is 6.49. The van der Waals surface area contributed by atoms with Crippen LogP contribution in [0.3, 0.4) is 0 Å². The molecule has 0 saturated heterocycles. The van der Waals surface area contributed by atoms with E-state index in [-0.39, 0.29) is 17.6 Å². The molecule has 2 atom stereocenters. The van der Waals surface area contributed by atoms with E-state index in [1.165, 1.54) is 0 Å². The van der Waals surface area contributed by atoms with Gasteiger partial charge in [-0.2, -0.15) is 0 Å². The minimum atomic E-state index is -1.24. The SMILES string of the molecule is Cc1c(C)c2c(c(C)c1O)CCC(C)(C(=O)N(c1ccccc1)C(C(=O)NCc1ccccc1)c1ccccc1)O2. The summed E-state index contributed by atoms with van der Waals surface area (Å²) in [6.45, 7) is 7.78. The molecule has 6 nitrogen and oxygen atoms in total. The average molecular weight is 549 g/mol. The Bertz CT molecular complexity index is 1550. The van der Waals surface area contributed by atoms with E-state index in [4.69, 9.17) is 4.74 Å². The lowest BCUT2D eigenvalue weighted by atomic mass is 9.86. The lowest BCUT2D eigenvalue weighted by Gasteiger charge is -2.41. The van der Waals surface area contributed by atoms with Gasteiger partial charge in [-0.1, -0.05) is 78.9 Å². The van der Waals surface area contributed by atoms with Gasteiger partial charge in [0.05, 0.1) is 0 Å². The van der Waals surface area contributed by atoms with Gasteiger partial charge in [-0.15, -0.1) is 0 Å². The Morgan fingerprint density at radius 2 is 1.46 bits per heavy atom. The van der Waals surface area contributed by atoms with Crippen LogP contribution in [0, 0.1) is 20.8 Å². The van der Waals surface area contributed by atoms with Crippen molar-refractivity contribution in [2.45, 2.75) is 58.7 Å². The Hall–Kier alpha value is -4.58. The summed E-state index contributed by atoms with van der Waals surface area (Å²) in [5.41, 5.74) is 4.27. The zero-order valence-electron chi connectivity index (χ0n) is 24.0. The molecule has 1 aliphatic rings. The molecule has 41 heavy (non-hydrogen) atoms. The minimum absolute atomic E-state index is 0.268. The van der Waals surface area contributed by atoms with Crippen LogP contribution in [0.2, 0.25) is 0 Å². The van der Waals surface area contributed by atoms with Crippen LogP contribution in [0.5, 0.6) is 11.5 Å². The van der Waals surface area contributed by atoms with Gasteiger partial charge in [0, 0.05) is 24.2 Å². The minimum Gasteiger partial charge on any atom is -0.507 e. The maximum atomic E-state index is 14.7.